The Kier molecular flexibility index (Phi) is 13.6. The lowest BCUT2D eigenvalue weighted by Gasteiger charge is -2.35. The molecule has 0 N–H and O–H groups in total. The molecule has 5 aromatic carbocycles. The van der Waals surface area contributed by atoms with Gasteiger partial charge in [0.15, 0.2) is 0 Å². The van der Waals surface area contributed by atoms with Gasteiger partial charge in [0, 0.05) is 53.5 Å². The lowest BCUT2D eigenvalue weighted by atomic mass is 9.70. The normalized spacial score (nSPS) is 14.0. The second-order valence-electron chi connectivity index (χ2n) is 18.2. The van der Waals surface area contributed by atoms with E-state index in [-0.39, 0.29) is 23.1 Å². The van der Waals surface area contributed by atoms with Crippen LogP contribution in [-0.2, 0) is 20.4 Å². The molecular weight excluding hydrogens is 845 g/mol. The Morgan fingerprint density at radius 3 is 1.50 bits per heavy atom. The van der Waals surface area contributed by atoms with Crippen molar-refractivity contribution < 1.29 is 9.53 Å². The van der Waals surface area contributed by atoms with Gasteiger partial charge in [-0.25, -0.2) is 0 Å². The predicted molar refractivity (Wildman–Crippen MR) is 279 cm³/mol. The summed E-state index contributed by atoms with van der Waals surface area (Å²) in [5.74, 6) is -0.0195. The molecular formula is C60H60N2O2S2. The number of ether oxygens (including phenoxy) is 1. The molecule has 66 heavy (non-hydrogen) atoms. The van der Waals surface area contributed by atoms with Gasteiger partial charge >= 0.3 is 0 Å². The molecule has 6 heteroatoms. The Morgan fingerprint density at radius 1 is 0.545 bits per heavy atom. The number of nitriles is 1. The summed E-state index contributed by atoms with van der Waals surface area (Å²) in [4.78, 5) is 17.7. The van der Waals surface area contributed by atoms with Crippen molar-refractivity contribution in [1.82, 2.24) is 0 Å². The summed E-state index contributed by atoms with van der Waals surface area (Å²) in [5, 5.41) is 9.35. The summed E-state index contributed by atoms with van der Waals surface area (Å²) in [5.41, 5.74) is 16.2. The number of allylic oxidation sites excluding steroid dienone is 1. The second-order valence-corrected chi connectivity index (χ2v) is 20.4. The number of carbonyl (C=O) groups is 1. The van der Waals surface area contributed by atoms with Crippen molar-refractivity contribution in [3.8, 4) is 48.5 Å². The first-order valence-electron chi connectivity index (χ1n) is 24.2. The zero-order valence-corrected chi connectivity index (χ0v) is 40.5. The van der Waals surface area contributed by atoms with E-state index < -0.39 is 0 Å². The fourth-order valence-corrected chi connectivity index (χ4v) is 13.1. The molecule has 0 unspecified atom stereocenters. The molecule has 0 saturated carbocycles. The van der Waals surface area contributed by atoms with E-state index in [1.807, 2.05) is 12.1 Å². The molecule has 7 aromatic rings. The summed E-state index contributed by atoms with van der Waals surface area (Å²) >= 11 is 3.33. The zero-order valence-electron chi connectivity index (χ0n) is 38.9. The summed E-state index contributed by atoms with van der Waals surface area (Å²) in [6.07, 6.45) is 15.7. The molecule has 0 bridgehead atoms. The third-order valence-electron chi connectivity index (χ3n) is 14.3. The second kappa shape index (κ2) is 19.8. The number of hydrogen-bond acceptors (Lipinski definition) is 6. The van der Waals surface area contributed by atoms with E-state index >= 15 is 0 Å². The third kappa shape index (κ3) is 8.26. The van der Waals surface area contributed by atoms with E-state index in [0.717, 1.165) is 46.0 Å². The maximum Gasteiger partial charge on any atom is 0.299 e. The first-order chi connectivity index (χ1) is 32.4. The van der Waals surface area contributed by atoms with E-state index in [2.05, 4.69) is 160 Å². The van der Waals surface area contributed by atoms with Crippen LogP contribution >= 0.6 is 22.7 Å². The largest absolute Gasteiger partial charge is 0.417 e. The van der Waals surface area contributed by atoms with Gasteiger partial charge in [-0.2, -0.15) is 5.26 Å². The average molecular weight is 905 g/mol. The van der Waals surface area contributed by atoms with Crippen molar-refractivity contribution in [3.05, 3.63) is 166 Å². The molecule has 2 aliphatic rings. The van der Waals surface area contributed by atoms with Crippen LogP contribution in [0.2, 0.25) is 0 Å². The molecule has 0 spiro atoms. The van der Waals surface area contributed by atoms with E-state index in [4.69, 9.17) is 4.74 Å². The van der Waals surface area contributed by atoms with E-state index in [1.54, 1.807) is 28.7 Å². The number of fused-ring (bicyclic) bond motifs is 6. The fraction of sp³-hybridized carbons (Fsp3) is 0.300. The maximum atomic E-state index is 10.9. The van der Waals surface area contributed by atoms with Gasteiger partial charge in [-0.1, -0.05) is 152 Å². The number of benzene rings is 5. The Bertz CT molecular complexity index is 2770. The van der Waals surface area contributed by atoms with Gasteiger partial charge in [0.2, 0.25) is 5.76 Å². The molecule has 0 fully saturated rings. The van der Waals surface area contributed by atoms with Crippen LogP contribution in [0.3, 0.4) is 0 Å². The highest BCUT2D eigenvalue weighted by Gasteiger charge is 2.44. The minimum absolute atomic E-state index is 0.0175. The SMILES string of the molecule is CCCCC1(CCCC)c2ccccc2-c2ccc(N(c3ccc(-c4ccc(-c5ccc(C=C(C#N)OC=O)s5)s4)cc3)c3ccc4c(c3)C(CCCC)(CCCC)c3ccccc3-4)cc21. The van der Waals surface area contributed by atoms with Crippen LogP contribution in [0, 0.1) is 11.3 Å². The molecule has 0 aliphatic heterocycles. The Hall–Kier alpha value is -6.00. The van der Waals surface area contributed by atoms with Gasteiger partial charge in [-0.3, -0.25) is 4.79 Å². The molecule has 0 saturated heterocycles. The fourth-order valence-electron chi connectivity index (χ4n) is 11.1. The number of anilines is 3. The standard InChI is InChI=1S/C60H60N2O2S2/c1-5-9-33-59(34-10-6-2)52-19-15-13-17-48(52)50-28-25-44(37-54(50)59)62(45-26-29-51-49-18-14-16-20-53(49)60(35-11-7-3,36-12-8-4)55(51)38-45)43-23-21-42(22-24-43)56-31-32-58(66-56)57-30-27-47(65-57)39-46(40-61)64-41-63/h13-32,37-39,41H,5-12,33-36H2,1-4H3. The topological polar surface area (TPSA) is 53.3 Å². The Labute approximate surface area is 400 Å². The summed E-state index contributed by atoms with van der Waals surface area (Å²) in [6, 6.07) is 52.7. The summed E-state index contributed by atoms with van der Waals surface area (Å²) in [6.45, 7) is 9.62. The van der Waals surface area contributed by atoms with E-state index in [0.29, 0.717) is 0 Å². The highest BCUT2D eigenvalue weighted by Crippen LogP contribution is 2.58. The molecule has 334 valence electrons. The lowest BCUT2D eigenvalue weighted by molar-refractivity contribution is -0.124. The predicted octanol–water partition coefficient (Wildman–Crippen LogP) is 17.9. The van der Waals surface area contributed by atoms with Crippen LogP contribution in [0.5, 0.6) is 0 Å². The number of thiophene rings is 2. The van der Waals surface area contributed by atoms with Crippen molar-refractivity contribution in [2.24, 2.45) is 0 Å². The molecule has 0 atom stereocenters. The average Bonchev–Trinajstić information content (AvgIpc) is 4.15. The van der Waals surface area contributed by atoms with Crippen LogP contribution in [0.4, 0.5) is 17.1 Å². The number of nitrogens with zero attached hydrogens (tertiary/aromatic N) is 2. The molecule has 4 nitrogen and oxygen atoms in total. The highest BCUT2D eigenvalue weighted by atomic mass is 32.1. The van der Waals surface area contributed by atoms with Crippen LogP contribution in [-0.4, -0.2) is 6.47 Å². The summed E-state index contributed by atoms with van der Waals surface area (Å²) < 4.78 is 4.82. The number of unbranched alkanes of at least 4 members (excludes halogenated alkanes) is 4. The van der Waals surface area contributed by atoms with Crippen molar-refractivity contribution >= 4 is 52.3 Å². The van der Waals surface area contributed by atoms with Gasteiger partial charge in [-0.15, -0.1) is 22.7 Å². The maximum absolute atomic E-state index is 10.9. The molecule has 9 rings (SSSR count). The minimum atomic E-state index is -0.0195. The van der Waals surface area contributed by atoms with Crippen molar-refractivity contribution in [1.29, 1.82) is 5.26 Å². The quantitative estimate of drug-likeness (QED) is 0.0434. The molecule has 0 amide bonds. The van der Waals surface area contributed by atoms with Gasteiger partial charge < -0.3 is 9.64 Å². The summed E-state index contributed by atoms with van der Waals surface area (Å²) in [7, 11) is 0. The van der Waals surface area contributed by atoms with Crippen molar-refractivity contribution in [3.63, 3.8) is 0 Å². The number of hydrogen-bond donors (Lipinski definition) is 0. The Balaban J connectivity index is 1.17. The van der Waals surface area contributed by atoms with Crippen LogP contribution in [0.15, 0.2) is 139 Å². The van der Waals surface area contributed by atoms with Gasteiger partial charge in [0.05, 0.1) is 0 Å². The van der Waals surface area contributed by atoms with Crippen molar-refractivity contribution in [2.75, 3.05) is 4.90 Å². The number of rotatable bonds is 20. The monoisotopic (exact) mass is 904 g/mol. The highest BCUT2D eigenvalue weighted by molar-refractivity contribution is 7.24. The first-order valence-corrected chi connectivity index (χ1v) is 25.9. The van der Waals surface area contributed by atoms with Gasteiger partial charge in [0.25, 0.3) is 6.47 Å². The smallest absolute Gasteiger partial charge is 0.299 e. The zero-order chi connectivity index (χ0) is 45.7. The third-order valence-corrected chi connectivity index (χ3v) is 16.7. The minimum Gasteiger partial charge on any atom is -0.417 e. The first kappa shape index (κ1) is 45.2. The van der Waals surface area contributed by atoms with Crippen LogP contribution in [0.1, 0.15) is 132 Å². The lowest BCUT2D eigenvalue weighted by Crippen LogP contribution is -2.26. The van der Waals surface area contributed by atoms with Gasteiger partial charge in [-0.05, 0) is 136 Å². The Morgan fingerprint density at radius 2 is 1.00 bits per heavy atom. The molecule has 2 aromatic heterocycles. The van der Waals surface area contributed by atoms with Crippen LogP contribution < -0.4 is 4.90 Å². The van der Waals surface area contributed by atoms with E-state index in [1.165, 1.54) is 118 Å². The van der Waals surface area contributed by atoms with Gasteiger partial charge in [0.1, 0.15) is 6.07 Å². The number of carbonyl (C=O) groups excluding carboxylic acids is 1. The van der Waals surface area contributed by atoms with Crippen LogP contribution in [0.25, 0.3) is 48.5 Å². The van der Waals surface area contributed by atoms with Crippen molar-refractivity contribution in [2.45, 2.75) is 116 Å². The van der Waals surface area contributed by atoms with E-state index in [9.17, 15) is 10.1 Å². The molecule has 2 heterocycles. The molecule has 2 aliphatic carbocycles. The molecule has 0 radical (unpaired) electrons.